The normalized spacial score (nSPS) is 10.7. The summed E-state index contributed by atoms with van der Waals surface area (Å²) in [6.07, 6.45) is 0. The van der Waals surface area contributed by atoms with Crippen molar-refractivity contribution >= 4 is 17.3 Å². The Labute approximate surface area is 127 Å². The minimum absolute atomic E-state index is 0.124. The van der Waals surface area contributed by atoms with E-state index in [1.54, 1.807) is 0 Å². The zero-order chi connectivity index (χ0) is 17.3. The van der Waals surface area contributed by atoms with E-state index in [2.05, 4.69) is 10.4 Å². The number of halogens is 3. The Kier molecular flexibility index (Phi) is 4.34. The van der Waals surface area contributed by atoms with Gasteiger partial charge in [-0.25, -0.2) is 13.2 Å². The first-order chi connectivity index (χ1) is 10.7. The van der Waals surface area contributed by atoms with Crippen molar-refractivity contribution < 1.29 is 22.9 Å². The molecule has 0 spiro atoms. The van der Waals surface area contributed by atoms with Crippen LogP contribution >= 0.6 is 0 Å². The molecule has 23 heavy (non-hydrogen) atoms. The summed E-state index contributed by atoms with van der Waals surface area (Å²) in [6, 6.07) is 1.54. The zero-order valence-corrected chi connectivity index (χ0v) is 12.1. The number of benzene rings is 1. The van der Waals surface area contributed by atoms with Gasteiger partial charge in [0.2, 0.25) is 5.91 Å². The number of aromatic nitrogens is 2. The number of amides is 1. The van der Waals surface area contributed by atoms with E-state index >= 15 is 0 Å². The van der Waals surface area contributed by atoms with Crippen LogP contribution in [0.1, 0.15) is 11.4 Å². The second-order valence-corrected chi connectivity index (χ2v) is 4.71. The van der Waals surface area contributed by atoms with Crippen LogP contribution in [0.4, 0.5) is 24.5 Å². The highest BCUT2D eigenvalue weighted by atomic mass is 19.2. The topological polar surface area (TPSA) is 90.1 Å². The molecule has 0 atom stereocenters. The second kappa shape index (κ2) is 6.07. The lowest BCUT2D eigenvalue weighted by Crippen LogP contribution is -2.21. The number of carbonyl (C=O) groups excluding carboxylic acids is 1. The van der Waals surface area contributed by atoms with E-state index in [-0.39, 0.29) is 17.1 Å². The van der Waals surface area contributed by atoms with E-state index in [0.717, 1.165) is 10.7 Å². The van der Waals surface area contributed by atoms with Gasteiger partial charge in [-0.1, -0.05) is 0 Å². The monoisotopic (exact) mass is 328 g/mol. The maximum atomic E-state index is 13.5. The number of rotatable bonds is 4. The predicted octanol–water partition coefficient (Wildman–Crippen LogP) is 2.46. The van der Waals surface area contributed by atoms with Crippen LogP contribution in [0.5, 0.6) is 0 Å². The standard InChI is InChI=1S/C13H11F3N4O3/c1-6-13(20(22)23)7(2)19(18-6)5-10(21)17-9-4-3-8(14)11(15)12(9)16/h3-4H,5H2,1-2H3,(H,17,21). The molecule has 1 amide bonds. The highest BCUT2D eigenvalue weighted by Crippen LogP contribution is 2.22. The summed E-state index contributed by atoms with van der Waals surface area (Å²) in [6.45, 7) is 2.37. The molecule has 0 saturated heterocycles. The highest BCUT2D eigenvalue weighted by Gasteiger charge is 2.23. The number of nitrogens with zero attached hydrogens (tertiary/aromatic N) is 3. The average Bonchev–Trinajstić information content (AvgIpc) is 2.74. The van der Waals surface area contributed by atoms with Crippen LogP contribution in [0.15, 0.2) is 12.1 Å². The molecule has 122 valence electrons. The summed E-state index contributed by atoms with van der Waals surface area (Å²) in [4.78, 5) is 22.1. The molecule has 0 saturated carbocycles. The zero-order valence-electron chi connectivity index (χ0n) is 12.1. The molecule has 2 aromatic rings. The van der Waals surface area contributed by atoms with Crippen molar-refractivity contribution in [3.05, 3.63) is 51.1 Å². The number of hydrogen-bond acceptors (Lipinski definition) is 4. The largest absolute Gasteiger partial charge is 0.322 e. The van der Waals surface area contributed by atoms with Gasteiger partial charge in [0.15, 0.2) is 17.5 Å². The van der Waals surface area contributed by atoms with Gasteiger partial charge in [0.1, 0.15) is 17.9 Å². The molecule has 0 radical (unpaired) electrons. The van der Waals surface area contributed by atoms with Crippen LogP contribution in [-0.2, 0) is 11.3 Å². The molecular formula is C13H11F3N4O3. The van der Waals surface area contributed by atoms with E-state index in [9.17, 15) is 28.1 Å². The first-order valence-corrected chi connectivity index (χ1v) is 6.34. The Morgan fingerprint density at radius 1 is 1.30 bits per heavy atom. The SMILES string of the molecule is Cc1nn(CC(=O)Nc2ccc(F)c(F)c2F)c(C)c1[N+](=O)[O-]. The third kappa shape index (κ3) is 3.15. The number of hydrogen-bond donors (Lipinski definition) is 1. The van der Waals surface area contributed by atoms with Gasteiger partial charge in [0.05, 0.1) is 10.6 Å². The van der Waals surface area contributed by atoms with E-state index in [0.29, 0.717) is 6.07 Å². The van der Waals surface area contributed by atoms with Crippen molar-refractivity contribution in [2.45, 2.75) is 20.4 Å². The lowest BCUT2D eigenvalue weighted by Gasteiger charge is -2.08. The minimum Gasteiger partial charge on any atom is -0.322 e. The van der Waals surface area contributed by atoms with Crippen molar-refractivity contribution in [1.29, 1.82) is 0 Å². The van der Waals surface area contributed by atoms with Crippen molar-refractivity contribution in [3.8, 4) is 0 Å². The summed E-state index contributed by atoms with van der Waals surface area (Å²) in [5.74, 6) is -5.41. The van der Waals surface area contributed by atoms with Crippen LogP contribution in [0.3, 0.4) is 0 Å². The molecule has 0 bridgehead atoms. The van der Waals surface area contributed by atoms with Gasteiger partial charge >= 0.3 is 5.69 Å². The van der Waals surface area contributed by atoms with Gasteiger partial charge in [-0.2, -0.15) is 5.10 Å². The highest BCUT2D eigenvalue weighted by molar-refractivity contribution is 5.90. The van der Waals surface area contributed by atoms with Crippen LogP contribution < -0.4 is 5.32 Å². The molecule has 0 aliphatic heterocycles. The molecule has 0 unspecified atom stereocenters. The Hall–Kier alpha value is -2.91. The minimum atomic E-state index is -1.70. The van der Waals surface area contributed by atoms with Gasteiger partial charge < -0.3 is 5.32 Å². The van der Waals surface area contributed by atoms with Gasteiger partial charge in [-0.05, 0) is 26.0 Å². The fraction of sp³-hybridized carbons (Fsp3) is 0.231. The lowest BCUT2D eigenvalue weighted by atomic mass is 10.2. The number of nitro groups is 1. The van der Waals surface area contributed by atoms with E-state index in [1.165, 1.54) is 13.8 Å². The molecular weight excluding hydrogens is 317 g/mol. The molecule has 0 aliphatic carbocycles. The van der Waals surface area contributed by atoms with Crippen LogP contribution in [0.2, 0.25) is 0 Å². The smallest absolute Gasteiger partial charge is 0.312 e. The van der Waals surface area contributed by atoms with Crippen molar-refractivity contribution in [3.63, 3.8) is 0 Å². The Morgan fingerprint density at radius 3 is 2.52 bits per heavy atom. The Morgan fingerprint density at radius 2 is 1.96 bits per heavy atom. The van der Waals surface area contributed by atoms with Crippen LogP contribution in [0, 0.1) is 41.4 Å². The van der Waals surface area contributed by atoms with Crippen molar-refractivity contribution in [2.24, 2.45) is 0 Å². The number of anilines is 1. The maximum Gasteiger partial charge on any atom is 0.312 e. The summed E-state index contributed by atoms with van der Waals surface area (Å²) in [7, 11) is 0. The Balaban J connectivity index is 2.20. The van der Waals surface area contributed by atoms with Crippen LogP contribution in [0.25, 0.3) is 0 Å². The molecule has 1 heterocycles. The molecule has 0 aliphatic rings. The lowest BCUT2D eigenvalue weighted by molar-refractivity contribution is -0.386. The number of carbonyl (C=O) groups is 1. The molecule has 1 N–H and O–H groups in total. The molecule has 10 heteroatoms. The van der Waals surface area contributed by atoms with Crippen LogP contribution in [-0.4, -0.2) is 20.6 Å². The first kappa shape index (κ1) is 16.5. The second-order valence-electron chi connectivity index (χ2n) is 4.71. The molecule has 2 rings (SSSR count). The van der Waals surface area contributed by atoms with Gasteiger partial charge in [-0.15, -0.1) is 0 Å². The van der Waals surface area contributed by atoms with E-state index in [4.69, 9.17) is 0 Å². The fourth-order valence-corrected chi connectivity index (χ4v) is 2.05. The number of aryl methyl sites for hydroxylation is 1. The Bertz CT molecular complexity index is 804. The molecule has 1 aromatic heterocycles. The third-order valence-electron chi connectivity index (χ3n) is 3.13. The molecule has 1 aromatic carbocycles. The average molecular weight is 328 g/mol. The van der Waals surface area contributed by atoms with E-state index < -0.39 is 40.5 Å². The number of nitrogens with one attached hydrogen (secondary N) is 1. The van der Waals surface area contributed by atoms with Crippen molar-refractivity contribution in [2.75, 3.05) is 5.32 Å². The summed E-state index contributed by atoms with van der Waals surface area (Å²) >= 11 is 0. The first-order valence-electron chi connectivity index (χ1n) is 6.34. The van der Waals surface area contributed by atoms with Crippen molar-refractivity contribution in [1.82, 2.24) is 9.78 Å². The summed E-state index contributed by atoms with van der Waals surface area (Å²) < 4.78 is 40.4. The van der Waals surface area contributed by atoms with E-state index in [1.807, 2.05) is 0 Å². The third-order valence-corrected chi connectivity index (χ3v) is 3.13. The van der Waals surface area contributed by atoms with Gasteiger partial charge in [0.25, 0.3) is 0 Å². The molecule has 7 nitrogen and oxygen atoms in total. The maximum absolute atomic E-state index is 13.5. The quantitative estimate of drug-likeness (QED) is 0.530. The predicted molar refractivity (Wildman–Crippen MR) is 73.3 cm³/mol. The van der Waals surface area contributed by atoms with Gasteiger partial charge in [0, 0.05) is 0 Å². The fourth-order valence-electron chi connectivity index (χ4n) is 2.05. The summed E-state index contributed by atoms with van der Waals surface area (Å²) in [5, 5.41) is 16.8. The van der Waals surface area contributed by atoms with Gasteiger partial charge in [-0.3, -0.25) is 19.6 Å². The molecule has 0 fully saturated rings. The summed E-state index contributed by atoms with van der Waals surface area (Å²) in [5.41, 5.74) is -0.491.